The van der Waals surface area contributed by atoms with Crippen molar-refractivity contribution in [3.8, 4) is 0 Å². The Morgan fingerprint density at radius 1 is 1.05 bits per heavy atom. The summed E-state index contributed by atoms with van der Waals surface area (Å²) in [7, 11) is 0. The van der Waals surface area contributed by atoms with Gasteiger partial charge < -0.3 is 0 Å². The van der Waals surface area contributed by atoms with Crippen molar-refractivity contribution in [2.75, 3.05) is 13.1 Å². The zero-order valence-corrected chi connectivity index (χ0v) is 13.0. The van der Waals surface area contributed by atoms with Crippen molar-refractivity contribution in [1.82, 2.24) is 14.8 Å². The van der Waals surface area contributed by atoms with Crippen LogP contribution in [0.5, 0.6) is 0 Å². The Balaban J connectivity index is 1.41. The second-order valence-corrected chi connectivity index (χ2v) is 7.13. The van der Waals surface area contributed by atoms with Crippen LogP contribution >= 0.6 is 11.3 Å². The van der Waals surface area contributed by atoms with Crippen LogP contribution in [0.3, 0.4) is 0 Å². The molecule has 2 aromatic rings. The first-order valence-corrected chi connectivity index (χ1v) is 8.67. The van der Waals surface area contributed by atoms with Gasteiger partial charge in [-0.2, -0.15) is 0 Å². The topological polar surface area (TPSA) is 19.4 Å². The Labute approximate surface area is 130 Å². The summed E-state index contributed by atoms with van der Waals surface area (Å²) in [5.74, 6) is 0. The molecule has 2 aliphatic rings. The Morgan fingerprint density at radius 3 is 2.52 bits per heavy atom. The fourth-order valence-corrected chi connectivity index (χ4v) is 4.62. The third-order valence-electron chi connectivity index (χ3n) is 4.85. The van der Waals surface area contributed by atoms with Gasteiger partial charge >= 0.3 is 0 Å². The Kier molecular flexibility index (Phi) is 3.76. The number of nitrogens with zero attached hydrogens (tertiary/aromatic N) is 3. The summed E-state index contributed by atoms with van der Waals surface area (Å²) in [5, 5.41) is 2.19. The van der Waals surface area contributed by atoms with Gasteiger partial charge in [0.15, 0.2) is 0 Å². The van der Waals surface area contributed by atoms with Crippen molar-refractivity contribution >= 4 is 11.3 Å². The first-order valence-electron chi connectivity index (χ1n) is 7.79. The molecule has 2 saturated heterocycles. The van der Waals surface area contributed by atoms with E-state index in [0.29, 0.717) is 0 Å². The molecule has 4 heteroatoms. The van der Waals surface area contributed by atoms with E-state index in [0.717, 1.165) is 25.2 Å². The molecular formula is C17H21N3S. The van der Waals surface area contributed by atoms with Gasteiger partial charge in [0.2, 0.25) is 0 Å². The maximum atomic E-state index is 4.24. The van der Waals surface area contributed by atoms with E-state index < -0.39 is 0 Å². The zero-order valence-electron chi connectivity index (χ0n) is 12.2. The molecule has 2 aliphatic heterocycles. The molecule has 0 aliphatic carbocycles. The molecule has 0 aromatic carbocycles. The normalized spacial score (nSPS) is 26.3. The van der Waals surface area contributed by atoms with E-state index in [9.17, 15) is 0 Å². The smallest absolute Gasteiger partial charge is 0.0331 e. The maximum absolute atomic E-state index is 4.24. The zero-order chi connectivity index (χ0) is 14.1. The van der Waals surface area contributed by atoms with Gasteiger partial charge in [-0.25, -0.2) is 0 Å². The lowest BCUT2D eigenvalue weighted by Gasteiger charge is -2.25. The van der Waals surface area contributed by atoms with Gasteiger partial charge in [-0.15, -0.1) is 11.3 Å². The van der Waals surface area contributed by atoms with E-state index >= 15 is 0 Å². The van der Waals surface area contributed by atoms with Crippen LogP contribution in [0.1, 0.15) is 23.3 Å². The molecule has 0 radical (unpaired) electrons. The van der Waals surface area contributed by atoms with Crippen LogP contribution < -0.4 is 0 Å². The molecular weight excluding hydrogens is 278 g/mol. The highest BCUT2D eigenvalue weighted by atomic mass is 32.1. The van der Waals surface area contributed by atoms with Crippen molar-refractivity contribution in [3.05, 3.63) is 52.5 Å². The lowest BCUT2D eigenvalue weighted by Crippen LogP contribution is -2.35. The van der Waals surface area contributed by atoms with Crippen LogP contribution in [-0.4, -0.2) is 40.0 Å². The maximum Gasteiger partial charge on any atom is 0.0331 e. The molecule has 0 saturated carbocycles. The Bertz CT molecular complexity index is 569. The van der Waals surface area contributed by atoms with E-state index in [1.54, 1.807) is 0 Å². The SMILES string of the molecule is c1cncc(CN2CC[C@@H]3[C@@H]2CCN3Cc2cccs2)c1. The molecule has 2 aromatic heterocycles. The predicted molar refractivity (Wildman–Crippen MR) is 86.2 cm³/mol. The summed E-state index contributed by atoms with van der Waals surface area (Å²) in [6, 6.07) is 10.2. The van der Waals surface area contributed by atoms with Crippen LogP contribution in [0.2, 0.25) is 0 Å². The van der Waals surface area contributed by atoms with Gasteiger partial charge in [-0.1, -0.05) is 12.1 Å². The minimum absolute atomic E-state index is 0.741. The third-order valence-corrected chi connectivity index (χ3v) is 5.71. The lowest BCUT2D eigenvalue weighted by atomic mass is 10.1. The number of aromatic nitrogens is 1. The van der Waals surface area contributed by atoms with Crippen molar-refractivity contribution in [2.45, 2.75) is 38.0 Å². The number of hydrogen-bond donors (Lipinski definition) is 0. The number of likely N-dealkylation sites (tertiary alicyclic amines) is 2. The fraction of sp³-hybridized carbons (Fsp3) is 0.471. The highest BCUT2D eigenvalue weighted by Gasteiger charge is 2.42. The summed E-state index contributed by atoms with van der Waals surface area (Å²) >= 11 is 1.88. The first kappa shape index (κ1) is 13.4. The van der Waals surface area contributed by atoms with Gasteiger partial charge in [-0.05, 0) is 35.9 Å². The monoisotopic (exact) mass is 299 g/mol. The fourth-order valence-electron chi connectivity index (χ4n) is 3.89. The van der Waals surface area contributed by atoms with Crippen molar-refractivity contribution in [3.63, 3.8) is 0 Å². The molecule has 4 rings (SSSR count). The molecule has 2 fully saturated rings. The lowest BCUT2D eigenvalue weighted by molar-refractivity contribution is 0.213. The van der Waals surface area contributed by atoms with Gasteiger partial charge in [-0.3, -0.25) is 14.8 Å². The number of rotatable bonds is 4. The molecule has 110 valence electrons. The first-order chi connectivity index (χ1) is 10.4. The Morgan fingerprint density at radius 2 is 1.86 bits per heavy atom. The minimum atomic E-state index is 0.741. The van der Waals surface area contributed by atoms with Crippen LogP contribution in [0.4, 0.5) is 0 Å². The molecule has 3 nitrogen and oxygen atoms in total. The van der Waals surface area contributed by atoms with Crippen molar-refractivity contribution in [2.24, 2.45) is 0 Å². The highest BCUT2D eigenvalue weighted by Crippen LogP contribution is 2.33. The molecule has 2 atom stereocenters. The van der Waals surface area contributed by atoms with E-state index in [4.69, 9.17) is 0 Å². The molecule has 0 amide bonds. The Hall–Kier alpha value is -1.23. The molecule has 0 unspecified atom stereocenters. The predicted octanol–water partition coefficient (Wildman–Crippen LogP) is 2.99. The van der Waals surface area contributed by atoms with Crippen LogP contribution in [0.15, 0.2) is 42.0 Å². The van der Waals surface area contributed by atoms with Crippen LogP contribution in [0.25, 0.3) is 0 Å². The van der Waals surface area contributed by atoms with E-state index in [1.165, 1.54) is 36.4 Å². The van der Waals surface area contributed by atoms with E-state index in [2.05, 4.69) is 38.4 Å². The standard InChI is InChI=1S/C17H21N3S/c1-3-14(11-18-7-1)12-19-8-5-17-16(19)6-9-20(17)13-15-4-2-10-21-15/h1-4,7,10-11,16-17H,5-6,8-9,12-13H2/t16-,17+/m0/s1. The second kappa shape index (κ2) is 5.87. The van der Waals surface area contributed by atoms with Gasteiger partial charge in [0.25, 0.3) is 0 Å². The summed E-state index contributed by atoms with van der Waals surface area (Å²) in [6.07, 6.45) is 6.49. The minimum Gasteiger partial charge on any atom is -0.294 e. The largest absolute Gasteiger partial charge is 0.294 e. The second-order valence-electron chi connectivity index (χ2n) is 6.09. The van der Waals surface area contributed by atoms with Crippen molar-refractivity contribution < 1.29 is 0 Å². The van der Waals surface area contributed by atoms with Crippen molar-refractivity contribution in [1.29, 1.82) is 0 Å². The molecule has 0 bridgehead atoms. The molecule has 4 heterocycles. The summed E-state index contributed by atoms with van der Waals surface area (Å²) in [5.41, 5.74) is 1.34. The number of fused-ring (bicyclic) bond motifs is 1. The summed E-state index contributed by atoms with van der Waals surface area (Å²) in [4.78, 5) is 11.1. The number of pyridine rings is 1. The number of thiophene rings is 1. The van der Waals surface area contributed by atoms with Gasteiger partial charge in [0.05, 0.1) is 0 Å². The highest BCUT2D eigenvalue weighted by molar-refractivity contribution is 7.09. The number of hydrogen-bond acceptors (Lipinski definition) is 4. The molecule has 21 heavy (non-hydrogen) atoms. The summed E-state index contributed by atoms with van der Waals surface area (Å²) < 4.78 is 0. The quantitative estimate of drug-likeness (QED) is 0.865. The van der Waals surface area contributed by atoms with Gasteiger partial charge in [0, 0.05) is 55.5 Å². The average Bonchev–Trinajstić information content (AvgIpc) is 3.21. The average molecular weight is 299 g/mol. The summed E-state index contributed by atoms with van der Waals surface area (Å²) in [6.45, 7) is 4.67. The van der Waals surface area contributed by atoms with E-state index in [1.807, 2.05) is 29.8 Å². The van der Waals surface area contributed by atoms with Crippen LogP contribution in [0, 0.1) is 0 Å². The van der Waals surface area contributed by atoms with E-state index in [-0.39, 0.29) is 0 Å². The molecule has 0 spiro atoms. The van der Waals surface area contributed by atoms with Crippen LogP contribution in [-0.2, 0) is 13.1 Å². The molecule has 0 N–H and O–H groups in total. The third kappa shape index (κ3) is 2.76. The van der Waals surface area contributed by atoms with Gasteiger partial charge in [0.1, 0.15) is 0 Å².